The molecule has 1 fully saturated rings. The summed E-state index contributed by atoms with van der Waals surface area (Å²) in [6.45, 7) is 0. The molecule has 0 aliphatic heterocycles. The van der Waals surface area contributed by atoms with Crippen LogP contribution in [-0.4, -0.2) is 10.8 Å². The van der Waals surface area contributed by atoms with E-state index in [-0.39, 0.29) is 0 Å². The lowest BCUT2D eigenvalue weighted by molar-refractivity contribution is -0.120. The molecule has 1 aliphatic rings. The van der Waals surface area contributed by atoms with Crippen molar-refractivity contribution >= 4 is 5.78 Å². The minimum atomic E-state index is 0.317. The summed E-state index contributed by atoms with van der Waals surface area (Å²) in [4.78, 5) is 15.6. The molecule has 0 saturated heterocycles. The van der Waals surface area contributed by atoms with Crippen molar-refractivity contribution < 1.29 is 4.79 Å². The monoisotopic (exact) mass is 189 g/mol. The van der Waals surface area contributed by atoms with Crippen LogP contribution in [0.1, 0.15) is 31.4 Å². The highest BCUT2D eigenvalue weighted by Crippen LogP contribution is 2.25. The number of Topliss-reactive ketones (excluding diaryl/α,β-unsaturated/α-hetero) is 1. The van der Waals surface area contributed by atoms with Gasteiger partial charge in [-0.3, -0.25) is 9.78 Å². The molecule has 0 N–H and O–H groups in total. The van der Waals surface area contributed by atoms with E-state index in [4.69, 9.17) is 0 Å². The zero-order valence-corrected chi connectivity index (χ0v) is 8.28. The van der Waals surface area contributed by atoms with E-state index in [1.54, 1.807) is 0 Å². The summed E-state index contributed by atoms with van der Waals surface area (Å²) in [5.41, 5.74) is 1.10. The molecule has 74 valence electrons. The molecule has 0 aromatic carbocycles. The number of hydrogen-bond acceptors (Lipinski definition) is 2. The van der Waals surface area contributed by atoms with Gasteiger partial charge in [-0.25, -0.2) is 0 Å². The molecule has 1 aromatic rings. The Morgan fingerprint density at radius 1 is 1.43 bits per heavy atom. The first-order chi connectivity index (χ1) is 6.86. The number of ketones is 1. The maximum absolute atomic E-state index is 11.4. The maximum atomic E-state index is 11.4. The molecule has 2 heteroatoms. The van der Waals surface area contributed by atoms with Gasteiger partial charge in [-0.1, -0.05) is 6.07 Å². The number of aromatic nitrogens is 1. The second-order valence-electron chi connectivity index (χ2n) is 3.92. The summed E-state index contributed by atoms with van der Waals surface area (Å²) < 4.78 is 0. The standard InChI is InChI=1S/C12H15NO/c14-12-6-3-4-10(12)7-8-11-5-1-2-9-13-11/h1-2,5,9-10H,3-4,6-8H2. The Balaban J connectivity index is 1.85. The van der Waals surface area contributed by atoms with Gasteiger partial charge in [-0.15, -0.1) is 0 Å². The maximum Gasteiger partial charge on any atom is 0.135 e. The van der Waals surface area contributed by atoms with Crippen LogP contribution >= 0.6 is 0 Å². The van der Waals surface area contributed by atoms with Crippen molar-refractivity contribution in [2.45, 2.75) is 32.1 Å². The summed E-state index contributed by atoms with van der Waals surface area (Å²) in [5, 5.41) is 0. The highest BCUT2D eigenvalue weighted by atomic mass is 16.1. The van der Waals surface area contributed by atoms with Crippen LogP contribution in [0.25, 0.3) is 0 Å². The fraction of sp³-hybridized carbons (Fsp3) is 0.500. The number of pyridine rings is 1. The van der Waals surface area contributed by atoms with Crippen LogP contribution in [0.2, 0.25) is 0 Å². The van der Waals surface area contributed by atoms with Crippen LogP contribution in [0.4, 0.5) is 0 Å². The SMILES string of the molecule is O=C1CCCC1CCc1ccccn1. The molecule has 1 aromatic heterocycles. The van der Waals surface area contributed by atoms with Crippen LogP contribution < -0.4 is 0 Å². The quantitative estimate of drug-likeness (QED) is 0.730. The van der Waals surface area contributed by atoms with Crippen molar-refractivity contribution in [2.75, 3.05) is 0 Å². The van der Waals surface area contributed by atoms with Gasteiger partial charge in [-0.05, 0) is 37.8 Å². The minimum absolute atomic E-state index is 0.317. The average molecular weight is 189 g/mol. The van der Waals surface area contributed by atoms with Crippen LogP contribution in [-0.2, 0) is 11.2 Å². The Kier molecular flexibility index (Phi) is 2.92. The predicted molar refractivity (Wildman–Crippen MR) is 54.9 cm³/mol. The summed E-state index contributed by atoms with van der Waals surface area (Å²) in [5.74, 6) is 0.776. The summed E-state index contributed by atoms with van der Waals surface area (Å²) in [6.07, 6.45) is 6.71. The van der Waals surface area contributed by atoms with Crippen molar-refractivity contribution in [1.29, 1.82) is 0 Å². The second kappa shape index (κ2) is 4.36. The lowest BCUT2D eigenvalue weighted by Gasteiger charge is -2.06. The van der Waals surface area contributed by atoms with Crippen molar-refractivity contribution in [3.63, 3.8) is 0 Å². The predicted octanol–water partition coefficient (Wildman–Crippen LogP) is 2.38. The smallest absolute Gasteiger partial charge is 0.135 e. The minimum Gasteiger partial charge on any atom is -0.299 e. The fourth-order valence-electron chi connectivity index (χ4n) is 2.06. The lowest BCUT2D eigenvalue weighted by Crippen LogP contribution is -2.07. The molecule has 0 bridgehead atoms. The number of carbonyl (C=O) groups is 1. The van der Waals surface area contributed by atoms with E-state index < -0.39 is 0 Å². The van der Waals surface area contributed by atoms with Gasteiger partial charge in [0, 0.05) is 24.2 Å². The zero-order valence-electron chi connectivity index (χ0n) is 8.28. The first-order valence-corrected chi connectivity index (χ1v) is 5.29. The topological polar surface area (TPSA) is 30.0 Å². The van der Waals surface area contributed by atoms with Crippen LogP contribution in [0.3, 0.4) is 0 Å². The summed E-state index contributed by atoms with van der Waals surface area (Å²) in [6, 6.07) is 5.95. The van der Waals surface area contributed by atoms with Gasteiger partial charge in [0.05, 0.1) is 0 Å². The molecule has 1 saturated carbocycles. The first-order valence-electron chi connectivity index (χ1n) is 5.29. The largest absolute Gasteiger partial charge is 0.299 e. The molecular weight excluding hydrogens is 174 g/mol. The average Bonchev–Trinajstić information content (AvgIpc) is 2.63. The van der Waals surface area contributed by atoms with Crippen LogP contribution in [0, 0.1) is 5.92 Å². The van der Waals surface area contributed by atoms with E-state index in [1.165, 1.54) is 0 Å². The number of aryl methyl sites for hydroxylation is 1. The summed E-state index contributed by atoms with van der Waals surface area (Å²) in [7, 11) is 0. The molecule has 0 spiro atoms. The van der Waals surface area contributed by atoms with Gasteiger partial charge < -0.3 is 0 Å². The Labute approximate surface area is 84.4 Å². The highest BCUT2D eigenvalue weighted by Gasteiger charge is 2.23. The molecule has 1 heterocycles. The van der Waals surface area contributed by atoms with Crippen molar-refractivity contribution in [3.8, 4) is 0 Å². The van der Waals surface area contributed by atoms with E-state index in [0.29, 0.717) is 11.7 Å². The Hall–Kier alpha value is -1.18. The first kappa shape index (κ1) is 9.38. The lowest BCUT2D eigenvalue weighted by atomic mass is 9.99. The van der Waals surface area contributed by atoms with Gasteiger partial charge in [0.2, 0.25) is 0 Å². The third-order valence-electron chi connectivity index (χ3n) is 2.91. The second-order valence-corrected chi connectivity index (χ2v) is 3.92. The van der Waals surface area contributed by atoms with E-state index in [9.17, 15) is 4.79 Å². The molecule has 1 atom stereocenters. The van der Waals surface area contributed by atoms with E-state index >= 15 is 0 Å². The molecular formula is C12H15NO. The Bertz CT molecular complexity index is 307. The van der Waals surface area contributed by atoms with Crippen molar-refractivity contribution in [3.05, 3.63) is 30.1 Å². The summed E-state index contributed by atoms with van der Waals surface area (Å²) >= 11 is 0. The number of hydrogen-bond donors (Lipinski definition) is 0. The molecule has 0 amide bonds. The number of nitrogens with zero attached hydrogens (tertiary/aromatic N) is 1. The van der Waals surface area contributed by atoms with Crippen LogP contribution in [0.5, 0.6) is 0 Å². The normalized spacial score (nSPS) is 21.4. The van der Waals surface area contributed by atoms with E-state index in [2.05, 4.69) is 4.98 Å². The molecule has 2 nitrogen and oxygen atoms in total. The molecule has 14 heavy (non-hydrogen) atoms. The molecule has 2 rings (SSSR count). The highest BCUT2D eigenvalue weighted by molar-refractivity contribution is 5.82. The number of carbonyl (C=O) groups excluding carboxylic acids is 1. The van der Waals surface area contributed by atoms with Gasteiger partial charge in [0.15, 0.2) is 0 Å². The molecule has 1 unspecified atom stereocenters. The zero-order chi connectivity index (χ0) is 9.80. The van der Waals surface area contributed by atoms with E-state index in [1.807, 2.05) is 24.4 Å². The van der Waals surface area contributed by atoms with Gasteiger partial charge in [-0.2, -0.15) is 0 Å². The Morgan fingerprint density at radius 3 is 3.00 bits per heavy atom. The fourth-order valence-corrected chi connectivity index (χ4v) is 2.06. The third kappa shape index (κ3) is 2.19. The third-order valence-corrected chi connectivity index (χ3v) is 2.91. The van der Waals surface area contributed by atoms with Gasteiger partial charge in [0.25, 0.3) is 0 Å². The number of rotatable bonds is 3. The van der Waals surface area contributed by atoms with Crippen molar-refractivity contribution in [2.24, 2.45) is 5.92 Å². The van der Waals surface area contributed by atoms with E-state index in [0.717, 1.165) is 37.8 Å². The van der Waals surface area contributed by atoms with Gasteiger partial charge in [0.1, 0.15) is 5.78 Å². The molecule has 0 radical (unpaired) electrons. The van der Waals surface area contributed by atoms with Crippen molar-refractivity contribution in [1.82, 2.24) is 4.98 Å². The van der Waals surface area contributed by atoms with Crippen LogP contribution in [0.15, 0.2) is 24.4 Å². The van der Waals surface area contributed by atoms with Gasteiger partial charge >= 0.3 is 0 Å². The molecule has 1 aliphatic carbocycles. The Morgan fingerprint density at radius 2 is 2.36 bits per heavy atom.